The number of rotatable bonds is 4. The van der Waals surface area contributed by atoms with Crippen LogP contribution in [0, 0.1) is 0 Å². The Labute approximate surface area is 79.8 Å². The third-order valence-electron chi connectivity index (χ3n) is 1.86. The van der Waals surface area contributed by atoms with E-state index < -0.39 is 0 Å². The van der Waals surface area contributed by atoms with Crippen molar-refractivity contribution in [3.05, 3.63) is 23.9 Å². The first kappa shape index (κ1) is 9.99. The highest BCUT2D eigenvalue weighted by Crippen LogP contribution is 2.13. The highest BCUT2D eigenvalue weighted by atomic mass is 15.1. The fourth-order valence-electron chi connectivity index (χ4n) is 1.23. The smallest absolute Gasteiger partial charge is 0.132 e. The van der Waals surface area contributed by atoms with Crippen LogP contribution in [0.4, 0.5) is 5.82 Å². The van der Waals surface area contributed by atoms with Gasteiger partial charge in [-0.25, -0.2) is 4.98 Å². The summed E-state index contributed by atoms with van der Waals surface area (Å²) in [7, 11) is 4.02. The summed E-state index contributed by atoms with van der Waals surface area (Å²) in [6.45, 7) is 3.98. The molecule has 0 aliphatic rings. The molecule has 1 aromatic rings. The van der Waals surface area contributed by atoms with Gasteiger partial charge in [0.1, 0.15) is 5.82 Å². The maximum absolute atomic E-state index is 4.32. The zero-order chi connectivity index (χ0) is 9.68. The third kappa shape index (κ3) is 2.70. The predicted octanol–water partition coefficient (Wildman–Crippen LogP) is 1.26. The van der Waals surface area contributed by atoms with E-state index in [1.165, 1.54) is 5.56 Å². The van der Waals surface area contributed by atoms with Crippen LogP contribution in [0.15, 0.2) is 18.3 Å². The zero-order valence-corrected chi connectivity index (χ0v) is 8.54. The lowest BCUT2D eigenvalue weighted by atomic mass is 10.2. The molecule has 0 aromatic carbocycles. The largest absolute Gasteiger partial charge is 0.362 e. The highest BCUT2D eigenvalue weighted by molar-refractivity contribution is 5.44. The first-order valence-corrected chi connectivity index (χ1v) is 4.57. The van der Waals surface area contributed by atoms with E-state index in [0.717, 1.165) is 18.9 Å². The monoisotopic (exact) mass is 179 g/mol. The van der Waals surface area contributed by atoms with Gasteiger partial charge in [-0.15, -0.1) is 0 Å². The van der Waals surface area contributed by atoms with Crippen LogP contribution in [-0.4, -0.2) is 25.6 Å². The van der Waals surface area contributed by atoms with Gasteiger partial charge in [0, 0.05) is 32.4 Å². The number of aromatic nitrogens is 1. The van der Waals surface area contributed by atoms with Crippen molar-refractivity contribution in [1.82, 2.24) is 10.3 Å². The summed E-state index contributed by atoms with van der Waals surface area (Å²) in [5.41, 5.74) is 1.24. The lowest BCUT2D eigenvalue weighted by molar-refractivity contribution is 0.723. The minimum absolute atomic E-state index is 0.887. The Bertz CT molecular complexity index is 258. The SMILES string of the molecule is CCNCc1cccnc1N(C)C. The molecule has 0 unspecified atom stereocenters. The summed E-state index contributed by atoms with van der Waals surface area (Å²) in [6, 6.07) is 4.07. The summed E-state index contributed by atoms with van der Waals surface area (Å²) < 4.78 is 0. The van der Waals surface area contributed by atoms with E-state index in [1.807, 2.05) is 31.3 Å². The lowest BCUT2D eigenvalue weighted by Crippen LogP contribution is -2.18. The molecule has 13 heavy (non-hydrogen) atoms. The van der Waals surface area contributed by atoms with Crippen molar-refractivity contribution >= 4 is 5.82 Å². The molecule has 1 aromatic heterocycles. The zero-order valence-electron chi connectivity index (χ0n) is 8.54. The predicted molar refractivity (Wildman–Crippen MR) is 55.9 cm³/mol. The van der Waals surface area contributed by atoms with Gasteiger partial charge in [-0.1, -0.05) is 13.0 Å². The maximum atomic E-state index is 4.32. The van der Waals surface area contributed by atoms with Crippen LogP contribution in [0.25, 0.3) is 0 Å². The minimum atomic E-state index is 0.887. The van der Waals surface area contributed by atoms with Gasteiger partial charge in [-0.3, -0.25) is 0 Å². The Kier molecular flexibility index (Phi) is 3.71. The summed E-state index contributed by atoms with van der Waals surface area (Å²) >= 11 is 0. The van der Waals surface area contributed by atoms with Gasteiger partial charge in [0.15, 0.2) is 0 Å². The second kappa shape index (κ2) is 4.82. The molecule has 0 aliphatic carbocycles. The maximum Gasteiger partial charge on any atom is 0.132 e. The van der Waals surface area contributed by atoms with E-state index in [9.17, 15) is 0 Å². The Balaban J connectivity index is 2.78. The molecular formula is C10H17N3. The summed E-state index contributed by atoms with van der Waals surface area (Å²) in [6.07, 6.45) is 1.82. The van der Waals surface area contributed by atoms with Crippen LogP contribution in [0.1, 0.15) is 12.5 Å². The van der Waals surface area contributed by atoms with E-state index >= 15 is 0 Å². The Morgan fingerprint density at radius 3 is 2.85 bits per heavy atom. The molecule has 3 nitrogen and oxygen atoms in total. The van der Waals surface area contributed by atoms with Crippen molar-refractivity contribution in [3.63, 3.8) is 0 Å². The molecule has 1 N–H and O–H groups in total. The second-order valence-corrected chi connectivity index (χ2v) is 3.16. The number of pyridine rings is 1. The Morgan fingerprint density at radius 2 is 2.23 bits per heavy atom. The molecule has 1 heterocycles. The Morgan fingerprint density at radius 1 is 1.46 bits per heavy atom. The topological polar surface area (TPSA) is 28.2 Å². The van der Waals surface area contributed by atoms with Gasteiger partial charge < -0.3 is 10.2 Å². The molecule has 0 saturated heterocycles. The van der Waals surface area contributed by atoms with E-state index in [4.69, 9.17) is 0 Å². The molecule has 72 valence electrons. The fraction of sp³-hybridized carbons (Fsp3) is 0.500. The molecule has 3 heteroatoms. The number of nitrogens with one attached hydrogen (secondary N) is 1. The quantitative estimate of drug-likeness (QED) is 0.754. The standard InChI is InChI=1S/C10H17N3/c1-4-11-8-9-6-5-7-12-10(9)13(2)3/h5-7,11H,4,8H2,1-3H3. The fourth-order valence-corrected chi connectivity index (χ4v) is 1.23. The van der Waals surface area contributed by atoms with Gasteiger partial charge in [0.25, 0.3) is 0 Å². The molecule has 0 bridgehead atoms. The molecular weight excluding hydrogens is 162 g/mol. The second-order valence-electron chi connectivity index (χ2n) is 3.16. The minimum Gasteiger partial charge on any atom is -0.362 e. The van der Waals surface area contributed by atoms with Crippen molar-refractivity contribution in [1.29, 1.82) is 0 Å². The van der Waals surface area contributed by atoms with Crippen LogP contribution >= 0.6 is 0 Å². The molecule has 0 aliphatic heterocycles. The van der Waals surface area contributed by atoms with Gasteiger partial charge in [0.05, 0.1) is 0 Å². The van der Waals surface area contributed by atoms with E-state index in [0.29, 0.717) is 0 Å². The van der Waals surface area contributed by atoms with Crippen molar-refractivity contribution in [2.24, 2.45) is 0 Å². The average Bonchev–Trinajstić information content (AvgIpc) is 2.15. The van der Waals surface area contributed by atoms with Gasteiger partial charge in [0.2, 0.25) is 0 Å². The summed E-state index contributed by atoms with van der Waals surface area (Å²) in [5.74, 6) is 1.04. The van der Waals surface area contributed by atoms with Gasteiger partial charge in [-0.05, 0) is 12.6 Å². The van der Waals surface area contributed by atoms with Gasteiger partial charge in [-0.2, -0.15) is 0 Å². The average molecular weight is 179 g/mol. The molecule has 0 atom stereocenters. The highest BCUT2D eigenvalue weighted by Gasteiger charge is 2.03. The Hall–Kier alpha value is -1.09. The van der Waals surface area contributed by atoms with Crippen molar-refractivity contribution in [3.8, 4) is 0 Å². The van der Waals surface area contributed by atoms with E-state index in [-0.39, 0.29) is 0 Å². The van der Waals surface area contributed by atoms with Crippen LogP contribution in [0.5, 0.6) is 0 Å². The van der Waals surface area contributed by atoms with Crippen LogP contribution in [-0.2, 0) is 6.54 Å². The first-order chi connectivity index (χ1) is 6.25. The van der Waals surface area contributed by atoms with Crippen LogP contribution in [0.2, 0.25) is 0 Å². The number of nitrogens with zero attached hydrogens (tertiary/aromatic N) is 2. The van der Waals surface area contributed by atoms with Crippen LogP contribution in [0.3, 0.4) is 0 Å². The summed E-state index contributed by atoms with van der Waals surface area (Å²) in [5, 5.41) is 3.29. The number of anilines is 1. The number of hydrogen-bond donors (Lipinski definition) is 1. The normalized spacial score (nSPS) is 10.1. The van der Waals surface area contributed by atoms with Gasteiger partial charge >= 0.3 is 0 Å². The van der Waals surface area contributed by atoms with Crippen molar-refractivity contribution in [2.75, 3.05) is 25.5 Å². The van der Waals surface area contributed by atoms with Crippen LogP contribution < -0.4 is 10.2 Å². The third-order valence-corrected chi connectivity index (χ3v) is 1.86. The first-order valence-electron chi connectivity index (χ1n) is 4.57. The molecule has 0 radical (unpaired) electrons. The summed E-state index contributed by atoms with van der Waals surface area (Å²) in [4.78, 5) is 6.35. The molecule has 0 fully saturated rings. The lowest BCUT2D eigenvalue weighted by Gasteiger charge is -2.15. The number of hydrogen-bond acceptors (Lipinski definition) is 3. The van der Waals surface area contributed by atoms with E-state index in [2.05, 4.69) is 23.3 Å². The van der Waals surface area contributed by atoms with E-state index in [1.54, 1.807) is 0 Å². The van der Waals surface area contributed by atoms with Crippen molar-refractivity contribution < 1.29 is 0 Å². The molecule has 0 saturated carbocycles. The molecule has 1 rings (SSSR count). The van der Waals surface area contributed by atoms with Crippen molar-refractivity contribution in [2.45, 2.75) is 13.5 Å². The molecule has 0 spiro atoms. The molecule has 0 amide bonds.